The average molecular weight is 242 g/mol. The lowest BCUT2D eigenvalue weighted by Crippen LogP contribution is -2.48. The second kappa shape index (κ2) is 6.21. The summed E-state index contributed by atoms with van der Waals surface area (Å²) in [6.07, 6.45) is 6.13. The van der Waals surface area contributed by atoms with E-state index in [4.69, 9.17) is 9.57 Å². The molecule has 5 nitrogen and oxygen atoms in total. The van der Waals surface area contributed by atoms with Crippen LogP contribution in [0.1, 0.15) is 45.4 Å². The van der Waals surface area contributed by atoms with Gasteiger partial charge in [0.15, 0.2) is 6.29 Å². The molecule has 0 aliphatic carbocycles. The van der Waals surface area contributed by atoms with Crippen LogP contribution in [0.25, 0.3) is 0 Å². The number of nitrogens with zero attached hydrogens (tertiary/aromatic N) is 1. The first-order valence-corrected chi connectivity index (χ1v) is 6.61. The topological polar surface area (TPSA) is 50.8 Å². The summed E-state index contributed by atoms with van der Waals surface area (Å²) in [6, 6.07) is 0.172. The van der Waals surface area contributed by atoms with Crippen LogP contribution >= 0.6 is 0 Å². The van der Waals surface area contributed by atoms with Gasteiger partial charge >= 0.3 is 6.03 Å². The molecule has 2 heterocycles. The summed E-state index contributed by atoms with van der Waals surface area (Å²) in [6.45, 7) is 3.62. The first kappa shape index (κ1) is 12.6. The Labute approximate surface area is 102 Å². The van der Waals surface area contributed by atoms with Crippen molar-refractivity contribution in [1.82, 2.24) is 10.4 Å². The molecule has 17 heavy (non-hydrogen) atoms. The van der Waals surface area contributed by atoms with Crippen molar-refractivity contribution >= 4 is 6.03 Å². The van der Waals surface area contributed by atoms with E-state index >= 15 is 0 Å². The van der Waals surface area contributed by atoms with Crippen LogP contribution in [0.5, 0.6) is 0 Å². The highest BCUT2D eigenvalue weighted by Crippen LogP contribution is 2.17. The molecule has 2 atom stereocenters. The second-order valence-electron chi connectivity index (χ2n) is 4.86. The number of piperidine rings is 1. The van der Waals surface area contributed by atoms with Gasteiger partial charge in [-0.25, -0.2) is 15.1 Å². The van der Waals surface area contributed by atoms with Crippen LogP contribution in [0.15, 0.2) is 0 Å². The minimum atomic E-state index is -0.271. The molecule has 0 aromatic heterocycles. The number of likely N-dealkylation sites (tertiary alicyclic amines) is 1. The molecule has 0 spiro atoms. The lowest BCUT2D eigenvalue weighted by molar-refractivity contribution is -0.188. The predicted octanol–water partition coefficient (Wildman–Crippen LogP) is 2.03. The summed E-state index contributed by atoms with van der Waals surface area (Å²) < 4.78 is 5.39. The molecule has 0 bridgehead atoms. The molecular weight excluding hydrogens is 220 g/mol. The van der Waals surface area contributed by atoms with Crippen molar-refractivity contribution in [2.75, 3.05) is 13.2 Å². The molecule has 2 amide bonds. The maximum atomic E-state index is 11.9. The van der Waals surface area contributed by atoms with Crippen LogP contribution in [0.2, 0.25) is 0 Å². The van der Waals surface area contributed by atoms with Gasteiger partial charge in [0.05, 0.1) is 0 Å². The first-order valence-electron chi connectivity index (χ1n) is 6.61. The molecule has 2 aliphatic heterocycles. The van der Waals surface area contributed by atoms with Crippen molar-refractivity contribution in [3.63, 3.8) is 0 Å². The molecule has 0 saturated carbocycles. The molecule has 2 saturated heterocycles. The van der Waals surface area contributed by atoms with Gasteiger partial charge in [-0.3, -0.25) is 0 Å². The van der Waals surface area contributed by atoms with Crippen LogP contribution in [0.3, 0.4) is 0 Å². The Kier molecular flexibility index (Phi) is 4.62. The van der Waals surface area contributed by atoms with E-state index in [-0.39, 0.29) is 12.3 Å². The zero-order valence-corrected chi connectivity index (χ0v) is 10.5. The molecule has 2 rings (SSSR count). The van der Waals surface area contributed by atoms with Gasteiger partial charge in [-0.1, -0.05) is 0 Å². The zero-order chi connectivity index (χ0) is 12.1. The summed E-state index contributed by atoms with van der Waals surface area (Å²) in [7, 11) is 0. The summed E-state index contributed by atoms with van der Waals surface area (Å²) in [5.41, 5.74) is 2.51. The van der Waals surface area contributed by atoms with Gasteiger partial charge in [-0.15, -0.1) is 0 Å². The van der Waals surface area contributed by atoms with Gasteiger partial charge in [0.2, 0.25) is 0 Å². The number of amides is 2. The standard InChI is InChI=1S/C12H22N2O3/c1-10-6-2-4-8-14(10)12(15)13-17-11-7-3-5-9-16-11/h10-11H,2-9H2,1H3,(H,13,15). The van der Waals surface area contributed by atoms with Gasteiger partial charge in [0.1, 0.15) is 0 Å². The second-order valence-corrected chi connectivity index (χ2v) is 4.86. The number of ether oxygens (including phenoxy) is 1. The lowest BCUT2D eigenvalue weighted by atomic mass is 10.0. The number of hydrogen-bond acceptors (Lipinski definition) is 3. The van der Waals surface area contributed by atoms with Crippen molar-refractivity contribution in [2.45, 2.75) is 57.8 Å². The molecule has 5 heteroatoms. The molecule has 0 aromatic rings. The SMILES string of the molecule is CC1CCCCN1C(=O)NOC1CCCCO1. The fraction of sp³-hybridized carbons (Fsp3) is 0.917. The van der Waals surface area contributed by atoms with Gasteiger partial charge in [-0.2, -0.15) is 0 Å². The fourth-order valence-electron chi connectivity index (χ4n) is 2.38. The monoisotopic (exact) mass is 242 g/mol. The van der Waals surface area contributed by atoms with Crippen molar-refractivity contribution < 1.29 is 14.4 Å². The van der Waals surface area contributed by atoms with Crippen LogP contribution in [0, 0.1) is 0 Å². The highest BCUT2D eigenvalue weighted by molar-refractivity contribution is 5.73. The summed E-state index contributed by atoms with van der Waals surface area (Å²) in [4.78, 5) is 19.0. The maximum absolute atomic E-state index is 11.9. The van der Waals surface area contributed by atoms with Crippen molar-refractivity contribution in [3.8, 4) is 0 Å². The highest BCUT2D eigenvalue weighted by Gasteiger charge is 2.24. The Hall–Kier alpha value is -0.810. The van der Waals surface area contributed by atoms with E-state index in [1.165, 1.54) is 6.42 Å². The van der Waals surface area contributed by atoms with Gasteiger partial charge in [-0.05, 0) is 39.0 Å². The molecule has 0 radical (unpaired) electrons. The van der Waals surface area contributed by atoms with Crippen LogP contribution in [-0.4, -0.2) is 36.4 Å². The quantitative estimate of drug-likeness (QED) is 0.754. The number of hydroxylamine groups is 1. The van der Waals surface area contributed by atoms with Crippen LogP contribution < -0.4 is 5.48 Å². The number of hydrogen-bond donors (Lipinski definition) is 1. The number of urea groups is 1. The largest absolute Gasteiger partial charge is 0.350 e. The van der Waals surface area contributed by atoms with Crippen molar-refractivity contribution in [1.29, 1.82) is 0 Å². The number of rotatable bonds is 2. The first-order chi connectivity index (χ1) is 8.27. The number of carbonyl (C=O) groups excluding carboxylic acids is 1. The summed E-state index contributed by atoms with van der Waals surface area (Å²) in [5, 5.41) is 0. The predicted molar refractivity (Wildman–Crippen MR) is 63.2 cm³/mol. The lowest BCUT2D eigenvalue weighted by Gasteiger charge is -2.33. The summed E-state index contributed by atoms with van der Waals surface area (Å²) in [5.74, 6) is 0. The smallest absolute Gasteiger partial charge is 0.341 e. The Morgan fingerprint density at radius 2 is 2.12 bits per heavy atom. The minimum Gasteiger partial charge on any atom is -0.350 e. The normalized spacial score (nSPS) is 30.1. The van der Waals surface area contributed by atoms with Gasteiger partial charge < -0.3 is 9.64 Å². The van der Waals surface area contributed by atoms with Gasteiger partial charge in [0.25, 0.3) is 0 Å². The van der Waals surface area contributed by atoms with E-state index in [0.29, 0.717) is 6.04 Å². The molecular formula is C12H22N2O3. The Balaban J connectivity index is 1.72. The molecule has 2 unspecified atom stereocenters. The molecule has 98 valence electrons. The Bertz CT molecular complexity index is 254. The Morgan fingerprint density at radius 1 is 1.29 bits per heavy atom. The molecule has 2 aliphatic rings. The summed E-state index contributed by atoms with van der Waals surface area (Å²) >= 11 is 0. The van der Waals surface area contributed by atoms with E-state index in [1.54, 1.807) is 0 Å². The minimum absolute atomic E-state index is 0.133. The molecule has 1 N–H and O–H groups in total. The maximum Gasteiger partial charge on any atom is 0.341 e. The van der Waals surface area contributed by atoms with E-state index < -0.39 is 0 Å². The van der Waals surface area contributed by atoms with E-state index in [1.807, 2.05) is 4.90 Å². The van der Waals surface area contributed by atoms with E-state index in [0.717, 1.165) is 45.3 Å². The van der Waals surface area contributed by atoms with E-state index in [9.17, 15) is 4.79 Å². The Morgan fingerprint density at radius 3 is 2.82 bits per heavy atom. The molecule has 2 fully saturated rings. The fourth-order valence-corrected chi connectivity index (χ4v) is 2.38. The average Bonchev–Trinajstić information content (AvgIpc) is 2.38. The third kappa shape index (κ3) is 3.57. The zero-order valence-electron chi connectivity index (χ0n) is 10.5. The highest BCUT2D eigenvalue weighted by atomic mass is 16.8. The third-order valence-corrected chi connectivity index (χ3v) is 3.48. The number of nitrogens with one attached hydrogen (secondary N) is 1. The van der Waals surface area contributed by atoms with Crippen LogP contribution in [-0.2, 0) is 9.57 Å². The van der Waals surface area contributed by atoms with E-state index in [2.05, 4.69) is 12.4 Å². The number of carbonyl (C=O) groups is 1. The van der Waals surface area contributed by atoms with Crippen molar-refractivity contribution in [2.24, 2.45) is 0 Å². The molecule has 0 aromatic carbocycles. The third-order valence-electron chi connectivity index (χ3n) is 3.48. The van der Waals surface area contributed by atoms with Crippen LogP contribution in [0.4, 0.5) is 4.79 Å². The van der Waals surface area contributed by atoms with Crippen molar-refractivity contribution in [3.05, 3.63) is 0 Å². The van der Waals surface area contributed by atoms with Gasteiger partial charge in [0, 0.05) is 25.6 Å².